The molecule has 4 nitrogen and oxygen atoms in total. The summed E-state index contributed by atoms with van der Waals surface area (Å²) in [6.07, 6.45) is 3.85. The summed E-state index contributed by atoms with van der Waals surface area (Å²) < 4.78 is 12.9. The summed E-state index contributed by atoms with van der Waals surface area (Å²) in [5.41, 5.74) is 0.641. The van der Waals surface area contributed by atoms with Crippen LogP contribution in [0.1, 0.15) is 44.2 Å². The molecular weight excluding hydrogens is 271 g/mol. The van der Waals surface area contributed by atoms with E-state index in [-0.39, 0.29) is 17.7 Å². The zero-order chi connectivity index (χ0) is 15.2. The maximum absolute atomic E-state index is 12.9. The maximum Gasteiger partial charge on any atom is 0.223 e. The van der Waals surface area contributed by atoms with Gasteiger partial charge in [-0.15, -0.1) is 0 Å². The fourth-order valence-corrected chi connectivity index (χ4v) is 2.69. The number of aromatic hydroxyl groups is 1. The first-order chi connectivity index (χ1) is 10.1. The van der Waals surface area contributed by atoms with Crippen molar-refractivity contribution in [1.82, 2.24) is 10.2 Å². The number of nitrogens with zero attached hydrogens (tertiary/aromatic N) is 1. The molecule has 116 valence electrons. The second kappa shape index (κ2) is 7.41. The summed E-state index contributed by atoms with van der Waals surface area (Å²) in [5, 5.41) is 12.9. The fourth-order valence-electron chi connectivity index (χ4n) is 2.69. The Kier molecular flexibility index (Phi) is 5.56. The van der Waals surface area contributed by atoms with Crippen molar-refractivity contribution in [3.05, 3.63) is 29.6 Å². The number of halogens is 1. The third-order valence-electron chi connectivity index (χ3n) is 3.96. The van der Waals surface area contributed by atoms with E-state index in [0.29, 0.717) is 18.5 Å². The summed E-state index contributed by atoms with van der Waals surface area (Å²) in [7, 11) is 0. The lowest BCUT2D eigenvalue weighted by Gasteiger charge is -2.27. The van der Waals surface area contributed by atoms with E-state index in [0.717, 1.165) is 32.0 Å². The Morgan fingerprint density at radius 2 is 2.10 bits per heavy atom. The standard InChI is InChI=1S/C16H23FN2O2/c1-12(14-6-5-13(17)11-15(14)20)18-8-7-16(21)19-9-3-2-4-10-19/h5-6,11-12,18,20H,2-4,7-10H2,1H3. The number of benzene rings is 1. The van der Waals surface area contributed by atoms with Crippen LogP contribution in [-0.4, -0.2) is 35.5 Å². The third-order valence-corrected chi connectivity index (χ3v) is 3.96. The lowest BCUT2D eigenvalue weighted by Crippen LogP contribution is -2.37. The Hall–Kier alpha value is -1.62. The van der Waals surface area contributed by atoms with E-state index < -0.39 is 5.82 Å². The van der Waals surface area contributed by atoms with Gasteiger partial charge in [0.2, 0.25) is 5.91 Å². The monoisotopic (exact) mass is 294 g/mol. The molecule has 0 bridgehead atoms. The van der Waals surface area contributed by atoms with Gasteiger partial charge in [0, 0.05) is 43.7 Å². The van der Waals surface area contributed by atoms with Crippen LogP contribution in [0, 0.1) is 5.82 Å². The Morgan fingerprint density at radius 1 is 1.38 bits per heavy atom. The first-order valence-corrected chi connectivity index (χ1v) is 7.57. The molecule has 1 unspecified atom stereocenters. The van der Waals surface area contributed by atoms with Crippen LogP contribution >= 0.6 is 0 Å². The average molecular weight is 294 g/mol. The van der Waals surface area contributed by atoms with Gasteiger partial charge in [-0.05, 0) is 32.3 Å². The van der Waals surface area contributed by atoms with Gasteiger partial charge >= 0.3 is 0 Å². The van der Waals surface area contributed by atoms with E-state index in [2.05, 4.69) is 5.32 Å². The molecule has 1 atom stereocenters. The Balaban J connectivity index is 1.78. The molecule has 1 saturated heterocycles. The first-order valence-electron chi connectivity index (χ1n) is 7.57. The minimum atomic E-state index is -0.455. The summed E-state index contributed by atoms with van der Waals surface area (Å²) in [6, 6.07) is 3.87. The molecule has 1 heterocycles. The highest BCUT2D eigenvalue weighted by Crippen LogP contribution is 2.24. The Labute approximate surface area is 125 Å². The molecule has 1 fully saturated rings. The van der Waals surface area contributed by atoms with Crippen molar-refractivity contribution in [1.29, 1.82) is 0 Å². The second-order valence-electron chi connectivity index (χ2n) is 5.57. The number of likely N-dealkylation sites (tertiary alicyclic amines) is 1. The smallest absolute Gasteiger partial charge is 0.223 e. The minimum Gasteiger partial charge on any atom is -0.508 e. The molecule has 0 spiro atoms. The normalized spacial score (nSPS) is 16.8. The largest absolute Gasteiger partial charge is 0.508 e. The van der Waals surface area contributed by atoms with Gasteiger partial charge < -0.3 is 15.3 Å². The molecule has 2 rings (SSSR count). The van der Waals surface area contributed by atoms with Crippen molar-refractivity contribution in [2.45, 2.75) is 38.6 Å². The molecular formula is C16H23FN2O2. The van der Waals surface area contributed by atoms with Gasteiger partial charge in [-0.25, -0.2) is 4.39 Å². The topological polar surface area (TPSA) is 52.6 Å². The van der Waals surface area contributed by atoms with Crippen molar-refractivity contribution < 1.29 is 14.3 Å². The number of nitrogens with one attached hydrogen (secondary N) is 1. The molecule has 21 heavy (non-hydrogen) atoms. The quantitative estimate of drug-likeness (QED) is 0.877. The number of piperidine rings is 1. The zero-order valence-corrected chi connectivity index (χ0v) is 12.4. The van der Waals surface area contributed by atoms with Gasteiger partial charge in [-0.3, -0.25) is 4.79 Å². The van der Waals surface area contributed by atoms with E-state index in [9.17, 15) is 14.3 Å². The highest BCUT2D eigenvalue weighted by Gasteiger charge is 2.16. The van der Waals surface area contributed by atoms with Crippen molar-refractivity contribution >= 4 is 5.91 Å². The van der Waals surface area contributed by atoms with Gasteiger partial charge in [-0.2, -0.15) is 0 Å². The highest BCUT2D eigenvalue weighted by molar-refractivity contribution is 5.76. The van der Waals surface area contributed by atoms with Crippen LogP contribution in [0.15, 0.2) is 18.2 Å². The van der Waals surface area contributed by atoms with E-state index in [1.54, 1.807) is 6.07 Å². The predicted molar refractivity (Wildman–Crippen MR) is 79.5 cm³/mol. The number of hydrogen-bond acceptors (Lipinski definition) is 3. The van der Waals surface area contributed by atoms with Crippen LogP contribution < -0.4 is 5.32 Å². The molecule has 0 saturated carbocycles. The van der Waals surface area contributed by atoms with Crippen molar-refractivity contribution in [2.75, 3.05) is 19.6 Å². The van der Waals surface area contributed by atoms with Crippen molar-refractivity contribution in [2.24, 2.45) is 0 Å². The van der Waals surface area contributed by atoms with Crippen LogP contribution in [0.4, 0.5) is 4.39 Å². The average Bonchev–Trinajstić information content (AvgIpc) is 2.47. The van der Waals surface area contributed by atoms with Gasteiger partial charge in [0.05, 0.1) is 0 Å². The lowest BCUT2D eigenvalue weighted by molar-refractivity contribution is -0.132. The molecule has 1 aliphatic heterocycles. The fraction of sp³-hybridized carbons (Fsp3) is 0.562. The maximum atomic E-state index is 12.9. The number of rotatable bonds is 5. The van der Waals surface area contributed by atoms with Crippen LogP contribution in [0.2, 0.25) is 0 Å². The second-order valence-corrected chi connectivity index (χ2v) is 5.57. The molecule has 0 aliphatic carbocycles. The van der Waals surface area contributed by atoms with E-state index in [1.165, 1.54) is 12.5 Å². The van der Waals surface area contributed by atoms with E-state index >= 15 is 0 Å². The SMILES string of the molecule is CC(NCCC(=O)N1CCCCC1)c1ccc(F)cc1O. The molecule has 1 aromatic rings. The molecule has 2 N–H and O–H groups in total. The van der Waals surface area contributed by atoms with Gasteiger partial charge in [0.1, 0.15) is 11.6 Å². The summed E-state index contributed by atoms with van der Waals surface area (Å²) in [4.78, 5) is 13.9. The summed E-state index contributed by atoms with van der Waals surface area (Å²) in [5.74, 6) is -0.334. The summed E-state index contributed by atoms with van der Waals surface area (Å²) in [6.45, 7) is 4.17. The Bertz CT molecular complexity index is 487. The predicted octanol–water partition coefficient (Wildman–Crippen LogP) is 2.58. The van der Waals surface area contributed by atoms with Crippen molar-refractivity contribution in [3.63, 3.8) is 0 Å². The number of hydrogen-bond donors (Lipinski definition) is 2. The van der Waals surface area contributed by atoms with Crippen molar-refractivity contribution in [3.8, 4) is 5.75 Å². The lowest BCUT2D eigenvalue weighted by atomic mass is 10.1. The number of phenols is 1. The third kappa shape index (κ3) is 4.43. The van der Waals surface area contributed by atoms with Gasteiger partial charge in [0.25, 0.3) is 0 Å². The van der Waals surface area contributed by atoms with E-state index in [4.69, 9.17) is 0 Å². The minimum absolute atomic E-state index is 0.0580. The van der Waals surface area contributed by atoms with E-state index in [1.807, 2.05) is 11.8 Å². The van der Waals surface area contributed by atoms with Crippen LogP contribution in [0.5, 0.6) is 5.75 Å². The first kappa shape index (κ1) is 15.8. The van der Waals surface area contributed by atoms with Crippen LogP contribution in [-0.2, 0) is 4.79 Å². The zero-order valence-electron chi connectivity index (χ0n) is 12.4. The molecule has 1 aliphatic rings. The molecule has 1 amide bonds. The molecule has 1 aromatic carbocycles. The van der Waals surface area contributed by atoms with Crippen LogP contribution in [0.3, 0.4) is 0 Å². The van der Waals surface area contributed by atoms with Gasteiger partial charge in [-0.1, -0.05) is 6.07 Å². The molecule has 0 aromatic heterocycles. The Morgan fingerprint density at radius 3 is 2.76 bits per heavy atom. The molecule has 5 heteroatoms. The number of amides is 1. The number of phenolic OH excluding ortho intramolecular Hbond substituents is 1. The van der Waals surface area contributed by atoms with Gasteiger partial charge in [0.15, 0.2) is 0 Å². The number of carbonyl (C=O) groups excluding carboxylic acids is 1. The summed E-state index contributed by atoms with van der Waals surface area (Å²) >= 11 is 0. The number of carbonyl (C=O) groups is 1. The molecule has 0 radical (unpaired) electrons. The van der Waals surface area contributed by atoms with Crippen LogP contribution in [0.25, 0.3) is 0 Å². The highest BCUT2D eigenvalue weighted by atomic mass is 19.1.